The summed E-state index contributed by atoms with van der Waals surface area (Å²) >= 11 is 1.84. The van der Waals surface area contributed by atoms with Crippen molar-refractivity contribution < 1.29 is 4.79 Å². The van der Waals surface area contributed by atoms with Crippen LogP contribution in [-0.4, -0.2) is 36.4 Å². The minimum Gasteiger partial charge on any atom is -0.356 e. The van der Waals surface area contributed by atoms with Crippen LogP contribution in [0, 0.1) is 0 Å². The predicted octanol–water partition coefficient (Wildman–Crippen LogP) is 2.47. The summed E-state index contributed by atoms with van der Waals surface area (Å²) in [7, 11) is 2.05. The zero-order chi connectivity index (χ0) is 12.0. The lowest BCUT2D eigenvalue weighted by molar-refractivity contribution is 0.112. The molecular weight excluding hydrogens is 220 g/mol. The van der Waals surface area contributed by atoms with E-state index >= 15 is 0 Å². The van der Waals surface area contributed by atoms with Gasteiger partial charge in [0, 0.05) is 30.6 Å². The van der Waals surface area contributed by atoms with Crippen LogP contribution in [-0.2, 0) is 0 Å². The van der Waals surface area contributed by atoms with Gasteiger partial charge in [-0.05, 0) is 24.8 Å². The van der Waals surface area contributed by atoms with Crippen molar-refractivity contribution in [3.05, 3.63) is 23.9 Å². The van der Waals surface area contributed by atoms with Crippen LogP contribution in [0.15, 0.2) is 18.3 Å². The van der Waals surface area contributed by atoms with Gasteiger partial charge in [-0.3, -0.25) is 4.79 Å². The van der Waals surface area contributed by atoms with Crippen molar-refractivity contribution in [2.24, 2.45) is 0 Å². The summed E-state index contributed by atoms with van der Waals surface area (Å²) in [5.41, 5.74) is 0.620. The molecule has 0 radical (unpaired) electrons. The van der Waals surface area contributed by atoms with Crippen LogP contribution in [0.2, 0.25) is 0 Å². The highest BCUT2D eigenvalue weighted by molar-refractivity contribution is 7.98. The number of aromatic nitrogens is 1. The second-order valence-corrected chi connectivity index (χ2v) is 4.61. The molecule has 0 saturated carbocycles. The van der Waals surface area contributed by atoms with E-state index in [9.17, 15) is 4.79 Å². The minimum atomic E-state index is 0.490. The van der Waals surface area contributed by atoms with Gasteiger partial charge in [0.1, 0.15) is 5.82 Å². The highest BCUT2D eigenvalue weighted by Gasteiger charge is 2.13. The molecule has 0 aliphatic heterocycles. The number of carbonyl (C=O) groups excluding carboxylic acids is 1. The lowest BCUT2D eigenvalue weighted by atomic mass is 10.2. The monoisotopic (exact) mass is 238 g/mol. The Hall–Kier alpha value is -1.03. The van der Waals surface area contributed by atoms with Crippen molar-refractivity contribution in [2.75, 3.05) is 24.0 Å². The quantitative estimate of drug-likeness (QED) is 0.713. The Morgan fingerprint density at radius 3 is 2.75 bits per heavy atom. The van der Waals surface area contributed by atoms with Crippen LogP contribution in [0.25, 0.3) is 0 Å². The second kappa shape index (κ2) is 6.53. The Labute approximate surface area is 101 Å². The van der Waals surface area contributed by atoms with Gasteiger partial charge in [-0.25, -0.2) is 4.98 Å². The molecule has 4 heteroatoms. The molecule has 1 heterocycles. The van der Waals surface area contributed by atoms with E-state index in [1.165, 1.54) is 0 Å². The maximum atomic E-state index is 10.5. The van der Waals surface area contributed by atoms with Gasteiger partial charge in [0.2, 0.25) is 0 Å². The van der Waals surface area contributed by atoms with Crippen molar-refractivity contribution in [3.63, 3.8) is 0 Å². The van der Waals surface area contributed by atoms with Crippen molar-refractivity contribution in [1.82, 2.24) is 4.98 Å². The normalized spacial score (nSPS) is 12.2. The number of hydrogen-bond acceptors (Lipinski definition) is 4. The summed E-state index contributed by atoms with van der Waals surface area (Å²) in [4.78, 5) is 17.0. The molecule has 1 aromatic heterocycles. The van der Waals surface area contributed by atoms with E-state index in [0.717, 1.165) is 24.3 Å². The summed E-state index contributed by atoms with van der Waals surface area (Å²) in [6.45, 7) is 2.18. The van der Waals surface area contributed by atoms with Crippen LogP contribution in [0.5, 0.6) is 0 Å². The van der Waals surface area contributed by atoms with Crippen LogP contribution in [0.1, 0.15) is 23.7 Å². The first kappa shape index (κ1) is 13.0. The summed E-state index contributed by atoms with van der Waals surface area (Å²) in [5.74, 6) is 2.01. The Kier molecular flexibility index (Phi) is 5.32. The van der Waals surface area contributed by atoms with Gasteiger partial charge in [0.25, 0.3) is 0 Å². The molecule has 1 unspecified atom stereocenters. The fourth-order valence-electron chi connectivity index (χ4n) is 1.56. The standard InChI is InChI=1S/C12H18N2OS/c1-4-11(9-16-3)14(2)12-6-5-10(8-15)7-13-12/h5-8,11H,4,9H2,1-3H3. The van der Waals surface area contributed by atoms with Crippen LogP contribution in [0.3, 0.4) is 0 Å². The second-order valence-electron chi connectivity index (χ2n) is 3.70. The van der Waals surface area contributed by atoms with E-state index in [1.54, 1.807) is 12.3 Å². The molecule has 3 nitrogen and oxygen atoms in total. The molecule has 0 N–H and O–H groups in total. The lowest BCUT2D eigenvalue weighted by Crippen LogP contribution is -2.33. The van der Waals surface area contributed by atoms with Crippen LogP contribution >= 0.6 is 11.8 Å². The van der Waals surface area contributed by atoms with Crippen molar-refractivity contribution in [3.8, 4) is 0 Å². The summed E-state index contributed by atoms with van der Waals surface area (Å²) < 4.78 is 0. The fraction of sp³-hybridized carbons (Fsp3) is 0.500. The van der Waals surface area contributed by atoms with Crippen molar-refractivity contribution in [1.29, 1.82) is 0 Å². The molecule has 0 saturated heterocycles. The predicted molar refractivity (Wildman–Crippen MR) is 70.5 cm³/mol. The van der Waals surface area contributed by atoms with Crippen molar-refractivity contribution in [2.45, 2.75) is 19.4 Å². The van der Waals surface area contributed by atoms with Gasteiger partial charge in [0.05, 0.1) is 0 Å². The highest BCUT2D eigenvalue weighted by Crippen LogP contribution is 2.16. The molecular formula is C12H18N2OS. The number of hydrogen-bond donors (Lipinski definition) is 0. The zero-order valence-corrected chi connectivity index (χ0v) is 10.8. The molecule has 0 aliphatic rings. The SMILES string of the molecule is CCC(CSC)N(C)c1ccc(C=O)cn1. The number of rotatable bonds is 6. The first-order valence-corrected chi connectivity index (χ1v) is 6.75. The van der Waals surface area contributed by atoms with E-state index in [-0.39, 0.29) is 0 Å². The van der Waals surface area contributed by atoms with Crippen LogP contribution in [0.4, 0.5) is 5.82 Å². The number of carbonyl (C=O) groups is 1. The Balaban J connectivity index is 2.77. The van der Waals surface area contributed by atoms with E-state index in [4.69, 9.17) is 0 Å². The third-order valence-electron chi connectivity index (χ3n) is 2.65. The Morgan fingerprint density at radius 2 is 2.31 bits per heavy atom. The maximum Gasteiger partial charge on any atom is 0.151 e. The molecule has 1 rings (SSSR count). The topological polar surface area (TPSA) is 33.2 Å². The van der Waals surface area contributed by atoms with Crippen LogP contribution < -0.4 is 4.90 Å². The molecule has 0 aromatic carbocycles. The summed E-state index contributed by atoms with van der Waals surface area (Å²) in [6.07, 6.45) is 5.63. The zero-order valence-electron chi connectivity index (χ0n) is 10.0. The molecule has 0 amide bonds. The molecule has 0 aliphatic carbocycles. The number of thioether (sulfide) groups is 1. The maximum absolute atomic E-state index is 10.5. The number of nitrogens with zero attached hydrogens (tertiary/aromatic N) is 2. The largest absolute Gasteiger partial charge is 0.356 e. The third kappa shape index (κ3) is 3.23. The van der Waals surface area contributed by atoms with E-state index in [1.807, 2.05) is 24.9 Å². The first-order chi connectivity index (χ1) is 7.72. The molecule has 88 valence electrons. The number of anilines is 1. The van der Waals surface area contributed by atoms with Gasteiger partial charge in [0.15, 0.2) is 6.29 Å². The van der Waals surface area contributed by atoms with Gasteiger partial charge in [-0.15, -0.1) is 0 Å². The smallest absolute Gasteiger partial charge is 0.151 e. The summed E-state index contributed by atoms with van der Waals surface area (Å²) in [5, 5.41) is 0. The summed E-state index contributed by atoms with van der Waals surface area (Å²) in [6, 6.07) is 4.19. The van der Waals surface area contributed by atoms with Crippen molar-refractivity contribution >= 4 is 23.9 Å². The molecule has 0 fully saturated rings. The van der Waals surface area contributed by atoms with Gasteiger partial charge >= 0.3 is 0 Å². The lowest BCUT2D eigenvalue weighted by Gasteiger charge is -2.27. The van der Waals surface area contributed by atoms with E-state index in [2.05, 4.69) is 23.1 Å². The van der Waals surface area contributed by atoms with Gasteiger partial charge in [-0.1, -0.05) is 6.92 Å². The van der Waals surface area contributed by atoms with Gasteiger partial charge in [-0.2, -0.15) is 11.8 Å². The van der Waals surface area contributed by atoms with Gasteiger partial charge < -0.3 is 4.90 Å². The molecule has 0 spiro atoms. The average Bonchev–Trinajstić information content (AvgIpc) is 2.35. The van der Waals surface area contributed by atoms with E-state index in [0.29, 0.717) is 11.6 Å². The molecule has 16 heavy (non-hydrogen) atoms. The average molecular weight is 238 g/mol. The molecule has 1 atom stereocenters. The third-order valence-corrected chi connectivity index (χ3v) is 3.36. The molecule has 0 bridgehead atoms. The Bertz CT molecular complexity index is 326. The molecule has 1 aromatic rings. The highest BCUT2D eigenvalue weighted by atomic mass is 32.2. The Morgan fingerprint density at radius 1 is 1.56 bits per heavy atom. The first-order valence-electron chi connectivity index (χ1n) is 5.36. The van der Waals surface area contributed by atoms with E-state index < -0.39 is 0 Å². The number of aldehydes is 1. The number of pyridine rings is 1. The minimum absolute atomic E-state index is 0.490. The fourth-order valence-corrected chi connectivity index (χ4v) is 2.40.